The van der Waals surface area contributed by atoms with Crippen molar-refractivity contribution < 1.29 is 0 Å². The topological polar surface area (TPSA) is 15.3 Å². The average molecular weight is 256 g/mol. The van der Waals surface area contributed by atoms with Crippen molar-refractivity contribution in [2.24, 2.45) is 5.92 Å². The predicted molar refractivity (Wildman–Crippen MR) is 83.2 cm³/mol. The van der Waals surface area contributed by atoms with Gasteiger partial charge in [-0.15, -0.1) is 0 Å². The van der Waals surface area contributed by atoms with E-state index in [0.717, 1.165) is 12.5 Å². The fourth-order valence-electron chi connectivity index (χ4n) is 2.73. The Bertz CT molecular complexity index is 182. The van der Waals surface area contributed by atoms with Gasteiger partial charge in [0.1, 0.15) is 0 Å². The van der Waals surface area contributed by atoms with Crippen LogP contribution in [0, 0.1) is 5.92 Å². The summed E-state index contributed by atoms with van der Waals surface area (Å²) in [5.74, 6) is 0.803. The second-order valence-electron chi connectivity index (χ2n) is 5.78. The Kier molecular flexibility index (Phi) is 10.8. The number of rotatable bonds is 11. The molecule has 0 aliphatic heterocycles. The van der Waals surface area contributed by atoms with Crippen LogP contribution in [-0.4, -0.2) is 37.1 Å². The maximum absolute atomic E-state index is 3.75. The van der Waals surface area contributed by atoms with Gasteiger partial charge in [0, 0.05) is 18.6 Å². The molecule has 0 aromatic heterocycles. The second-order valence-corrected chi connectivity index (χ2v) is 5.78. The summed E-state index contributed by atoms with van der Waals surface area (Å²) in [4.78, 5) is 2.58. The molecule has 0 amide bonds. The molecule has 2 heteroatoms. The summed E-state index contributed by atoms with van der Waals surface area (Å²) in [6.45, 7) is 13.9. The summed E-state index contributed by atoms with van der Waals surface area (Å²) in [6, 6.07) is 1.35. The van der Waals surface area contributed by atoms with Crippen molar-refractivity contribution in [1.82, 2.24) is 10.2 Å². The van der Waals surface area contributed by atoms with Gasteiger partial charge in [0.25, 0.3) is 0 Å². The van der Waals surface area contributed by atoms with Gasteiger partial charge in [-0.25, -0.2) is 0 Å². The van der Waals surface area contributed by atoms with Crippen LogP contribution in [0.4, 0.5) is 0 Å². The van der Waals surface area contributed by atoms with Crippen molar-refractivity contribution in [1.29, 1.82) is 0 Å². The van der Waals surface area contributed by atoms with E-state index in [1.54, 1.807) is 0 Å². The first-order valence-electron chi connectivity index (χ1n) is 8.04. The first kappa shape index (κ1) is 17.9. The maximum atomic E-state index is 3.75. The number of hydrogen-bond acceptors (Lipinski definition) is 2. The summed E-state index contributed by atoms with van der Waals surface area (Å²) in [5.41, 5.74) is 0. The third-order valence-corrected chi connectivity index (χ3v) is 4.00. The highest BCUT2D eigenvalue weighted by atomic mass is 15.2. The van der Waals surface area contributed by atoms with Gasteiger partial charge in [-0.2, -0.15) is 0 Å². The molecule has 0 aliphatic carbocycles. The van der Waals surface area contributed by atoms with Crippen molar-refractivity contribution in [2.75, 3.05) is 20.1 Å². The van der Waals surface area contributed by atoms with Crippen LogP contribution in [0.5, 0.6) is 0 Å². The molecule has 110 valence electrons. The van der Waals surface area contributed by atoms with E-state index in [0.29, 0.717) is 12.1 Å². The SMILES string of the molecule is CCCNC(CCC)C(CC)N(C)CC(C)CC. The Morgan fingerprint density at radius 3 is 2.11 bits per heavy atom. The minimum atomic E-state index is 0.661. The molecule has 2 nitrogen and oxygen atoms in total. The van der Waals surface area contributed by atoms with Gasteiger partial charge >= 0.3 is 0 Å². The van der Waals surface area contributed by atoms with Gasteiger partial charge in [-0.1, -0.05) is 47.5 Å². The highest BCUT2D eigenvalue weighted by molar-refractivity contribution is 4.82. The molecule has 0 heterocycles. The molecular formula is C16H36N2. The lowest BCUT2D eigenvalue weighted by Gasteiger charge is -2.36. The minimum Gasteiger partial charge on any atom is -0.312 e. The van der Waals surface area contributed by atoms with E-state index < -0.39 is 0 Å². The lowest BCUT2D eigenvalue weighted by Crippen LogP contribution is -2.49. The summed E-state index contributed by atoms with van der Waals surface area (Å²) in [6.07, 6.45) is 6.32. The van der Waals surface area contributed by atoms with Crippen LogP contribution in [0.3, 0.4) is 0 Å². The highest BCUT2D eigenvalue weighted by Crippen LogP contribution is 2.15. The molecule has 0 saturated heterocycles. The molecular weight excluding hydrogens is 220 g/mol. The molecule has 3 atom stereocenters. The summed E-state index contributed by atoms with van der Waals surface area (Å²) >= 11 is 0. The number of likely N-dealkylation sites (N-methyl/N-ethyl adjacent to an activating group) is 1. The Labute approximate surface area is 116 Å². The maximum Gasteiger partial charge on any atom is 0.0243 e. The van der Waals surface area contributed by atoms with Crippen LogP contribution in [0.15, 0.2) is 0 Å². The third-order valence-electron chi connectivity index (χ3n) is 4.00. The van der Waals surface area contributed by atoms with Crippen molar-refractivity contribution in [3.63, 3.8) is 0 Å². The van der Waals surface area contributed by atoms with Gasteiger partial charge in [-0.3, -0.25) is 0 Å². The Balaban J connectivity index is 4.45. The molecule has 0 fully saturated rings. The summed E-state index contributed by atoms with van der Waals surface area (Å²) in [5, 5.41) is 3.75. The molecule has 3 unspecified atom stereocenters. The van der Waals surface area contributed by atoms with E-state index in [9.17, 15) is 0 Å². The smallest absolute Gasteiger partial charge is 0.0243 e. The average Bonchev–Trinajstić information content (AvgIpc) is 2.36. The van der Waals surface area contributed by atoms with Crippen LogP contribution >= 0.6 is 0 Å². The normalized spacial score (nSPS) is 16.8. The molecule has 0 aromatic carbocycles. The Morgan fingerprint density at radius 2 is 1.67 bits per heavy atom. The molecule has 0 bridgehead atoms. The van der Waals surface area contributed by atoms with Gasteiger partial charge in [0.2, 0.25) is 0 Å². The quantitative estimate of drug-likeness (QED) is 0.603. The molecule has 0 aromatic rings. The van der Waals surface area contributed by atoms with E-state index in [2.05, 4.69) is 51.9 Å². The lowest BCUT2D eigenvalue weighted by atomic mass is 9.98. The molecule has 0 spiro atoms. The number of nitrogens with one attached hydrogen (secondary N) is 1. The van der Waals surface area contributed by atoms with Gasteiger partial charge in [0.15, 0.2) is 0 Å². The zero-order valence-corrected chi connectivity index (χ0v) is 13.6. The van der Waals surface area contributed by atoms with Crippen LogP contribution in [-0.2, 0) is 0 Å². The minimum absolute atomic E-state index is 0.661. The van der Waals surface area contributed by atoms with E-state index in [1.807, 2.05) is 0 Å². The largest absolute Gasteiger partial charge is 0.312 e. The molecule has 0 radical (unpaired) electrons. The van der Waals surface area contributed by atoms with Crippen molar-refractivity contribution in [3.8, 4) is 0 Å². The number of hydrogen-bond donors (Lipinski definition) is 1. The van der Waals surface area contributed by atoms with Crippen LogP contribution in [0.1, 0.15) is 66.7 Å². The number of nitrogens with zero attached hydrogens (tertiary/aromatic N) is 1. The fourth-order valence-corrected chi connectivity index (χ4v) is 2.73. The summed E-state index contributed by atoms with van der Waals surface area (Å²) in [7, 11) is 2.30. The molecule has 18 heavy (non-hydrogen) atoms. The van der Waals surface area contributed by atoms with Gasteiger partial charge < -0.3 is 10.2 Å². The van der Waals surface area contributed by atoms with Gasteiger partial charge in [-0.05, 0) is 38.8 Å². The van der Waals surface area contributed by atoms with Crippen molar-refractivity contribution in [2.45, 2.75) is 78.8 Å². The van der Waals surface area contributed by atoms with E-state index in [1.165, 1.54) is 38.6 Å². The zero-order valence-electron chi connectivity index (χ0n) is 13.6. The lowest BCUT2D eigenvalue weighted by molar-refractivity contribution is 0.158. The first-order valence-corrected chi connectivity index (χ1v) is 8.04. The Morgan fingerprint density at radius 1 is 1.00 bits per heavy atom. The molecule has 0 aliphatic rings. The Hall–Kier alpha value is -0.0800. The van der Waals surface area contributed by atoms with E-state index >= 15 is 0 Å². The predicted octanol–water partition coefficient (Wildman–Crippen LogP) is 3.91. The summed E-state index contributed by atoms with van der Waals surface area (Å²) < 4.78 is 0. The second kappa shape index (κ2) is 10.8. The monoisotopic (exact) mass is 256 g/mol. The van der Waals surface area contributed by atoms with Crippen LogP contribution in [0.25, 0.3) is 0 Å². The van der Waals surface area contributed by atoms with Crippen LogP contribution < -0.4 is 5.32 Å². The van der Waals surface area contributed by atoms with Crippen molar-refractivity contribution >= 4 is 0 Å². The highest BCUT2D eigenvalue weighted by Gasteiger charge is 2.23. The zero-order chi connectivity index (χ0) is 14.0. The third kappa shape index (κ3) is 6.75. The molecule has 0 saturated carbocycles. The fraction of sp³-hybridized carbons (Fsp3) is 1.00. The van der Waals surface area contributed by atoms with E-state index in [-0.39, 0.29) is 0 Å². The van der Waals surface area contributed by atoms with Crippen LogP contribution in [0.2, 0.25) is 0 Å². The van der Waals surface area contributed by atoms with Gasteiger partial charge in [0.05, 0.1) is 0 Å². The van der Waals surface area contributed by atoms with E-state index in [4.69, 9.17) is 0 Å². The first-order chi connectivity index (χ1) is 8.60. The standard InChI is InChI=1S/C16H36N2/c1-7-11-15(17-12-8-2)16(10-4)18(6)13-14(5)9-3/h14-17H,7-13H2,1-6H3. The molecule has 1 N–H and O–H groups in total. The van der Waals surface area contributed by atoms with Crippen molar-refractivity contribution in [3.05, 3.63) is 0 Å². The molecule has 0 rings (SSSR count).